The van der Waals surface area contributed by atoms with E-state index in [-0.39, 0.29) is 12.1 Å². The number of aliphatic hydroxyl groups is 1. The minimum absolute atomic E-state index is 0.0758. The lowest BCUT2D eigenvalue weighted by Gasteiger charge is -2.29. The van der Waals surface area contributed by atoms with Gasteiger partial charge in [-0.25, -0.2) is 0 Å². The minimum Gasteiger partial charge on any atom is -0.394 e. The lowest BCUT2D eigenvalue weighted by atomic mass is 9.99. The topological polar surface area (TPSA) is 41.5 Å². The first-order chi connectivity index (χ1) is 7.59. The molecule has 0 saturated heterocycles. The molecule has 90 valence electrons. The summed E-state index contributed by atoms with van der Waals surface area (Å²) in [4.78, 5) is 0. The van der Waals surface area contributed by atoms with E-state index in [9.17, 15) is 5.11 Å². The van der Waals surface area contributed by atoms with Crippen LogP contribution in [0.5, 0.6) is 0 Å². The highest BCUT2D eigenvalue weighted by atomic mass is 79.9. The first kappa shape index (κ1) is 13.5. The fraction of sp³-hybridized carbons (Fsp3) is 0.500. The summed E-state index contributed by atoms with van der Waals surface area (Å²) in [6, 6.07) is 7.89. The Bertz CT molecular complexity index is 315. The van der Waals surface area contributed by atoms with Crippen LogP contribution in [0.25, 0.3) is 0 Å². The van der Waals surface area contributed by atoms with Crippen molar-refractivity contribution in [3.05, 3.63) is 28.7 Å². The van der Waals surface area contributed by atoms with E-state index in [1.54, 1.807) is 7.11 Å². The Labute approximate surface area is 105 Å². The third-order valence-electron chi connectivity index (χ3n) is 2.50. The van der Waals surface area contributed by atoms with Crippen molar-refractivity contribution in [3.8, 4) is 0 Å². The summed E-state index contributed by atoms with van der Waals surface area (Å²) >= 11 is 3.39. The molecule has 0 heterocycles. The molecule has 0 aliphatic carbocycles. The van der Waals surface area contributed by atoms with Crippen molar-refractivity contribution in [1.29, 1.82) is 0 Å². The van der Waals surface area contributed by atoms with Crippen molar-refractivity contribution in [1.82, 2.24) is 0 Å². The average Bonchev–Trinajstić information content (AvgIpc) is 2.30. The molecule has 1 atom stereocenters. The van der Waals surface area contributed by atoms with Crippen LogP contribution in [-0.2, 0) is 4.74 Å². The van der Waals surface area contributed by atoms with Gasteiger partial charge in [-0.3, -0.25) is 0 Å². The molecule has 0 saturated carbocycles. The van der Waals surface area contributed by atoms with Crippen LogP contribution in [0.1, 0.15) is 13.3 Å². The van der Waals surface area contributed by atoms with Crippen LogP contribution < -0.4 is 5.32 Å². The lowest BCUT2D eigenvalue weighted by Crippen LogP contribution is -2.39. The summed E-state index contributed by atoms with van der Waals surface area (Å²) in [7, 11) is 1.66. The summed E-state index contributed by atoms with van der Waals surface area (Å²) in [6.45, 7) is 2.68. The molecule has 1 aromatic rings. The van der Waals surface area contributed by atoms with E-state index in [4.69, 9.17) is 4.74 Å². The Morgan fingerprint density at radius 3 is 2.50 bits per heavy atom. The summed E-state index contributed by atoms with van der Waals surface area (Å²) in [5.74, 6) is 0. The quantitative estimate of drug-likeness (QED) is 0.845. The zero-order valence-corrected chi connectivity index (χ0v) is 11.3. The normalized spacial score (nSPS) is 14.5. The van der Waals surface area contributed by atoms with Gasteiger partial charge in [-0.15, -0.1) is 0 Å². The number of nitrogens with one attached hydrogen (secondary N) is 1. The van der Waals surface area contributed by atoms with Crippen molar-refractivity contribution in [2.24, 2.45) is 0 Å². The van der Waals surface area contributed by atoms with Crippen LogP contribution in [0.3, 0.4) is 0 Å². The van der Waals surface area contributed by atoms with E-state index in [1.807, 2.05) is 31.2 Å². The summed E-state index contributed by atoms with van der Waals surface area (Å²) in [6.07, 6.45) is 0.760. The number of ether oxygens (including phenoxy) is 1. The lowest BCUT2D eigenvalue weighted by molar-refractivity contribution is 0.146. The van der Waals surface area contributed by atoms with E-state index in [2.05, 4.69) is 21.2 Å². The van der Waals surface area contributed by atoms with Crippen LogP contribution in [0.4, 0.5) is 5.69 Å². The van der Waals surface area contributed by atoms with Crippen molar-refractivity contribution in [2.45, 2.75) is 18.9 Å². The van der Waals surface area contributed by atoms with Gasteiger partial charge in [-0.05, 0) is 37.6 Å². The molecule has 1 aromatic carbocycles. The van der Waals surface area contributed by atoms with Crippen molar-refractivity contribution >= 4 is 21.6 Å². The third kappa shape index (κ3) is 4.12. The van der Waals surface area contributed by atoms with E-state index in [1.165, 1.54) is 0 Å². The number of hydrogen-bond donors (Lipinski definition) is 2. The van der Waals surface area contributed by atoms with Gasteiger partial charge in [0, 0.05) is 23.9 Å². The maximum absolute atomic E-state index is 9.40. The van der Waals surface area contributed by atoms with Gasteiger partial charge in [-0.2, -0.15) is 0 Å². The number of rotatable bonds is 6. The molecule has 0 aromatic heterocycles. The van der Waals surface area contributed by atoms with Crippen LogP contribution in [0.2, 0.25) is 0 Å². The van der Waals surface area contributed by atoms with Crippen molar-refractivity contribution in [3.63, 3.8) is 0 Å². The molecule has 0 amide bonds. The number of halogens is 1. The zero-order valence-electron chi connectivity index (χ0n) is 9.66. The number of anilines is 1. The first-order valence-corrected chi connectivity index (χ1v) is 6.02. The highest BCUT2D eigenvalue weighted by Crippen LogP contribution is 2.20. The van der Waals surface area contributed by atoms with Gasteiger partial charge < -0.3 is 15.2 Å². The highest BCUT2D eigenvalue weighted by molar-refractivity contribution is 9.10. The van der Waals surface area contributed by atoms with Gasteiger partial charge in [0.15, 0.2) is 0 Å². The van der Waals surface area contributed by atoms with Gasteiger partial charge >= 0.3 is 0 Å². The highest BCUT2D eigenvalue weighted by Gasteiger charge is 2.22. The summed E-state index contributed by atoms with van der Waals surface area (Å²) in [5.41, 5.74) is 0.653. The largest absolute Gasteiger partial charge is 0.394 e. The van der Waals surface area contributed by atoms with Gasteiger partial charge in [0.2, 0.25) is 0 Å². The van der Waals surface area contributed by atoms with Crippen LogP contribution >= 0.6 is 15.9 Å². The molecule has 0 aliphatic rings. The van der Waals surface area contributed by atoms with Crippen LogP contribution in [-0.4, -0.2) is 31.0 Å². The Balaban J connectivity index is 2.64. The molecule has 0 fully saturated rings. The maximum atomic E-state index is 9.40. The Morgan fingerprint density at radius 1 is 1.38 bits per heavy atom. The number of methoxy groups -OCH3 is 1. The molecule has 0 aliphatic heterocycles. The molecule has 2 N–H and O–H groups in total. The molecule has 0 radical (unpaired) electrons. The van der Waals surface area contributed by atoms with E-state index < -0.39 is 0 Å². The Morgan fingerprint density at radius 2 is 2.00 bits per heavy atom. The van der Waals surface area contributed by atoms with Crippen molar-refractivity contribution in [2.75, 3.05) is 25.6 Å². The molecular formula is C12H18BrNO2. The number of aliphatic hydroxyl groups excluding tert-OH is 1. The molecule has 4 heteroatoms. The predicted molar refractivity (Wildman–Crippen MR) is 69.7 cm³/mol. The first-order valence-electron chi connectivity index (χ1n) is 5.23. The molecule has 1 rings (SSSR count). The van der Waals surface area contributed by atoms with Gasteiger partial charge in [0.05, 0.1) is 12.1 Å². The standard InChI is InChI=1S/C12H18BrNO2/c1-12(9-15,7-8-16-2)14-11-5-3-10(13)4-6-11/h3-6,14-15H,7-9H2,1-2H3. The van der Waals surface area contributed by atoms with Crippen LogP contribution in [0.15, 0.2) is 28.7 Å². The molecule has 3 nitrogen and oxygen atoms in total. The molecule has 0 spiro atoms. The fourth-order valence-electron chi connectivity index (χ4n) is 1.39. The second-order valence-corrected chi connectivity index (χ2v) is 5.01. The number of hydrogen-bond acceptors (Lipinski definition) is 3. The molecule has 1 unspecified atom stereocenters. The maximum Gasteiger partial charge on any atom is 0.0659 e. The minimum atomic E-state index is -0.343. The zero-order chi connectivity index (χ0) is 12.0. The summed E-state index contributed by atoms with van der Waals surface area (Å²) < 4.78 is 6.08. The Kier molecular flexibility index (Phi) is 5.25. The van der Waals surface area contributed by atoms with Gasteiger partial charge in [-0.1, -0.05) is 15.9 Å². The SMILES string of the molecule is COCCC(C)(CO)Nc1ccc(Br)cc1. The third-order valence-corrected chi connectivity index (χ3v) is 3.03. The molecule has 0 bridgehead atoms. The molecule has 16 heavy (non-hydrogen) atoms. The van der Waals surface area contributed by atoms with E-state index >= 15 is 0 Å². The fourth-order valence-corrected chi connectivity index (χ4v) is 1.65. The monoisotopic (exact) mass is 287 g/mol. The number of benzene rings is 1. The smallest absolute Gasteiger partial charge is 0.0659 e. The average molecular weight is 288 g/mol. The van der Waals surface area contributed by atoms with E-state index in [0.29, 0.717) is 6.61 Å². The second-order valence-electron chi connectivity index (χ2n) is 4.09. The second kappa shape index (κ2) is 6.23. The molecular weight excluding hydrogens is 270 g/mol. The van der Waals surface area contributed by atoms with Crippen molar-refractivity contribution < 1.29 is 9.84 Å². The van der Waals surface area contributed by atoms with E-state index in [0.717, 1.165) is 16.6 Å². The van der Waals surface area contributed by atoms with Gasteiger partial charge in [0.1, 0.15) is 0 Å². The Hall–Kier alpha value is -0.580. The van der Waals surface area contributed by atoms with Crippen LogP contribution in [0, 0.1) is 0 Å². The predicted octanol–water partition coefficient (Wildman–Crippen LogP) is 2.65. The van der Waals surface area contributed by atoms with Gasteiger partial charge in [0.25, 0.3) is 0 Å². The summed E-state index contributed by atoms with van der Waals surface area (Å²) in [5, 5.41) is 12.7.